The summed E-state index contributed by atoms with van der Waals surface area (Å²) in [6, 6.07) is 18.0. The number of hydrogen-bond donors (Lipinski definition) is 3. The van der Waals surface area contributed by atoms with Crippen LogP contribution in [0, 0.1) is 6.92 Å². The van der Waals surface area contributed by atoms with Crippen LogP contribution in [0.3, 0.4) is 0 Å². The molecule has 6 heteroatoms. The summed E-state index contributed by atoms with van der Waals surface area (Å²) in [6.45, 7) is 1.91. The Morgan fingerprint density at radius 3 is 1.90 bits per heavy atom. The Morgan fingerprint density at radius 2 is 1.30 bits per heavy atom. The number of carbonyl (C=O) groups is 3. The van der Waals surface area contributed by atoms with Crippen molar-refractivity contribution in [3.05, 3.63) is 100 Å². The molecule has 0 heterocycles. The molecule has 0 bridgehead atoms. The Hall–Kier alpha value is -4.19. The van der Waals surface area contributed by atoms with E-state index in [1.54, 1.807) is 48.6 Å². The Labute approximate surface area is 173 Å². The average Bonchev–Trinajstić information content (AvgIpc) is 2.73. The van der Waals surface area contributed by atoms with Crippen molar-refractivity contribution in [2.24, 2.45) is 0 Å². The summed E-state index contributed by atoms with van der Waals surface area (Å²) in [7, 11) is 0. The second-order valence-corrected chi connectivity index (χ2v) is 6.69. The van der Waals surface area contributed by atoms with Crippen LogP contribution in [0.25, 0.3) is 12.2 Å². The minimum atomic E-state index is -1.16. The summed E-state index contributed by atoms with van der Waals surface area (Å²) >= 11 is 0. The largest absolute Gasteiger partial charge is 0.478 e. The van der Waals surface area contributed by atoms with E-state index >= 15 is 0 Å². The summed E-state index contributed by atoms with van der Waals surface area (Å²) in [4.78, 5) is 35.0. The molecule has 3 rings (SSSR count). The molecule has 3 N–H and O–H groups in total. The third-order valence-electron chi connectivity index (χ3n) is 4.46. The van der Waals surface area contributed by atoms with Crippen LogP contribution in [-0.4, -0.2) is 28.1 Å². The Morgan fingerprint density at radius 1 is 0.733 bits per heavy atom. The van der Waals surface area contributed by atoms with Crippen LogP contribution in [0.5, 0.6) is 0 Å². The molecule has 0 spiro atoms. The molecule has 0 aromatic heterocycles. The molecule has 0 aliphatic carbocycles. The van der Waals surface area contributed by atoms with E-state index in [0.717, 1.165) is 11.1 Å². The van der Waals surface area contributed by atoms with Crippen LogP contribution < -0.4 is 5.32 Å². The third-order valence-corrected chi connectivity index (χ3v) is 4.46. The number of carboxylic acid groups (broad SMARTS) is 2. The lowest BCUT2D eigenvalue weighted by molar-refractivity contribution is 0.0686. The highest BCUT2D eigenvalue weighted by molar-refractivity contribution is 6.08. The number of carboxylic acids is 2. The number of aryl methyl sites for hydroxylation is 1. The molecule has 0 fully saturated rings. The van der Waals surface area contributed by atoms with Gasteiger partial charge in [0, 0.05) is 5.56 Å². The molecule has 0 atom stereocenters. The van der Waals surface area contributed by atoms with E-state index in [-0.39, 0.29) is 22.7 Å². The fraction of sp³-hybridized carbons (Fsp3) is 0.0417. The molecule has 0 unspecified atom stereocenters. The summed E-state index contributed by atoms with van der Waals surface area (Å²) < 4.78 is 0. The average molecular weight is 401 g/mol. The fourth-order valence-corrected chi connectivity index (χ4v) is 2.78. The summed E-state index contributed by atoms with van der Waals surface area (Å²) in [5, 5.41) is 21.1. The second kappa shape index (κ2) is 8.87. The van der Waals surface area contributed by atoms with E-state index in [9.17, 15) is 19.5 Å². The first-order chi connectivity index (χ1) is 14.3. The van der Waals surface area contributed by atoms with E-state index in [0.29, 0.717) is 11.1 Å². The molecule has 30 heavy (non-hydrogen) atoms. The van der Waals surface area contributed by atoms with Crippen molar-refractivity contribution in [1.82, 2.24) is 0 Å². The van der Waals surface area contributed by atoms with Gasteiger partial charge >= 0.3 is 11.9 Å². The maximum Gasteiger partial charge on any atom is 0.337 e. The van der Waals surface area contributed by atoms with Gasteiger partial charge in [0.2, 0.25) is 0 Å². The van der Waals surface area contributed by atoms with Crippen LogP contribution >= 0.6 is 0 Å². The van der Waals surface area contributed by atoms with Gasteiger partial charge < -0.3 is 15.5 Å². The number of nitrogens with one attached hydrogen (secondary N) is 1. The molecule has 3 aromatic carbocycles. The predicted molar refractivity (Wildman–Crippen MR) is 115 cm³/mol. The topological polar surface area (TPSA) is 104 Å². The maximum absolute atomic E-state index is 12.4. The predicted octanol–water partition coefficient (Wildman–Crippen LogP) is 4.81. The molecule has 0 saturated carbocycles. The third kappa shape index (κ3) is 4.99. The Balaban J connectivity index is 1.80. The van der Waals surface area contributed by atoms with Crippen LogP contribution in [0.4, 0.5) is 5.69 Å². The van der Waals surface area contributed by atoms with E-state index < -0.39 is 11.9 Å². The van der Waals surface area contributed by atoms with Crippen molar-refractivity contribution in [3.8, 4) is 0 Å². The smallest absolute Gasteiger partial charge is 0.337 e. The summed E-state index contributed by atoms with van der Waals surface area (Å²) in [6.07, 6.45) is 3.46. The van der Waals surface area contributed by atoms with Gasteiger partial charge in [0.15, 0.2) is 0 Å². The van der Waals surface area contributed by atoms with Crippen LogP contribution in [-0.2, 0) is 0 Å². The summed E-state index contributed by atoms with van der Waals surface area (Å²) in [5.74, 6) is -2.55. The van der Waals surface area contributed by atoms with Crippen LogP contribution in [0.1, 0.15) is 47.8 Å². The molecule has 0 aliphatic rings. The minimum Gasteiger partial charge on any atom is -0.478 e. The van der Waals surface area contributed by atoms with Gasteiger partial charge in [-0.3, -0.25) is 4.79 Å². The highest BCUT2D eigenvalue weighted by atomic mass is 16.4. The van der Waals surface area contributed by atoms with Crippen molar-refractivity contribution in [2.45, 2.75) is 6.92 Å². The Bertz CT molecular complexity index is 1130. The van der Waals surface area contributed by atoms with Gasteiger partial charge in [0.25, 0.3) is 5.91 Å². The number of rotatable bonds is 6. The van der Waals surface area contributed by atoms with Gasteiger partial charge in [-0.1, -0.05) is 48.0 Å². The first-order valence-electron chi connectivity index (χ1n) is 9.10. The van der Waals surface area contributed by atoms with Crippen LogP contribution in [0.15, 0.2) is 66.7 Å². The Kier molecular flexibility index (Phi) is 6.08. The van der Waals surface area contributed by atoms with E-state index in [2.05, 4.69) is 5.32 Å². The summed E-state index contributed by atoms with van der Waals surface area (Å²) in [5.41, 5.74) is 3.22. The lowest BCUT2D eigenvalue weighted by atomic mass is 10.1. The molecule has 0 radical (unpaired) electrons. The maximum atomic E-state index is 12.4. The van der Waals surface area contributed by atoms with E-state index in [1.165, 1.54) is 18.2 Å². The molecule has 0 aliphatic heterocycles. The number of carbonyl (C=O) groups excluding carboxylic acids is 1. The van der Waals surface area contributed by atoms with Crippen LogP contribution in [0.2, 0.25) is 0 Å². The SMILES string of the molecule is Cc1ccc(C(=O)Nc2ccc(/C=C/c3ccc(C(=O)O)cc3)cc2C(=O)O)cc1. The highest BCUT2D eigenvalue weighted by Crippen LogP contribution is 2.21. The monoisotopic (exact) mass is 401 g/mol. The fourth-order valence-electron chi connectivity index (χ4n) is 2.78. The second-order valence-electron chi connectivity index (χ2n) is 6.69. The van der Waals surface area contributed by atoms with Crippen molar-refractivity contribution < 1.29 is 24.6 Å². The molecule has 1 amide bonds. The van der Waals surface area contributed by atoms with Gasteiger partial charge in [0.1, 0.15) is 0 Å². The molecular formula is C24H19NO5. The number of hydrogen-bond acceptors (Lipinski definition) is 3. The number of benzene rings is 3. The van der Waals surface area contributed by atoms with Crippen molar-refractivity contribution in [2.75, 3.05) is 5.32 Å². The minimum absolute atomic E-state index is 0.0289. The number of aromatic carboxylic acids is 2. The standard InChI is InChI=1S/C24H19NO5/c1-15-2-9-18(10-3-15)22(26)25-21-13-8-17(14-20(21)24(29)30)5-4-16-6-11-19(12-7-16)23(27)28/h2-14H,1H3,(H,25,26)(H,27,28)(H,29,30)/b5-4+. The molecule has 150 valence electrons. The van der Waals surface area contributed by atoms with Gasteiger partial charge in [-0.2, -0.15) is 0 Å². The molecular weight excluding hydrogens is 382 g/mol. The molecule has 3 aromatic rings. The van der Waals surface area contributed by atoms with Gasteiger partial charge in [-0.15, -0.1) is 0 Å². The highest BCUT2D eigenvalue weighted by Gasteiger charge is 2.14. The first kappa shape index (κ1) is 20.5. The van der Waals surface area contributed by atoms with Crippen molar-refractivity contribution >= 4 is 35.7 Å². The zero-order valence-electron chi connectivity index (χ0n) is 16.1. The van der Waals surface area contributed by atoms with Gasteiger partial charge in [0.05, 0.1) is 16.8 Å². The van der Waals surface area contributed by atoms with Gasteiger partial charge in [-0.25, -0.2) is 9.59 Å². The van der Waals surface area contributed by atoms with E-state index in [4.69, 9.17) is 5.11 Å². The zero-order valence-corrected chi connectivity index (χ0v) is 16.1. The zero-order chi connectivity index (χ0) is 21.7. The number of anilines is 1. The molecule has 0 saturated heterocycles. The first-order valence-corrected chi connectivity index (χ1v) is 9.10. The quantitative estimate of drug-likeness (QED) is 0.514. The number of amides is 1. The van der Waals surface area contributed by atoms with E-state index in [1.807, 2.05) is 19.1 Å². The molecule has 6 nitrogen and oxygen atoms in total. The van der Waals surface area contributed by atoms with Gasteiger partial charge in [-0.05, 0) is 54.4 Å². The normalized spacial score (nSPS) is 10.7. The lowest BCUT2D eigenvalue weighted by Crippen LogP contribution is -2.15. The van der Waals surface area contributed by atoms with Crippen molar-refractivity contribution in [3.63, 3.8) is 0 Å². The van der Waals surface area contributed by atoms with Crippen molar-refractivity contribution in [1.29, 1.82) is 0 Å². The lowest BCUT2D eigenvalue weighted by Gasteiger charge is -2.10.